The molecule has 3 saturated heterocycles. The Balaban J connectivity index is 1.50. The molecule has 7 atom stereocenters. The summed E-state index contributed by atoms with van der Waals surface area (Å²) in [4.78, 5) is 43.5. The molecule has 2 aromatic rings. The molecule has 38 heavy (non-hydrogen) atoms. The quantitative estimate of drug-likeness (QED) is 0.381. The van der Waals surface area contributed by atoms with E-state index in [4.69, 9.17) is 0 Å². The third-order valence-electron chi connectivity index (χ3n) is 7.98. The minimum atomic E-state index is -0.774. The molecule has 2 aromatic carbocycles. The number of amides is 3. The Morgan fingerprint density at radius 1 is 1.11 bits per heavy atom. The number of benzene rings is 2. The topological polar surface area (TPSA) is 98.7 Å². The number of hydrogen-bond acceptors (Lipinski definition) is 5. The fourth-order valence-corrected chi connectivity index (χ4v) is 10.1. The van der Waals surface area contributed by atoms with Crippen LogP contribution in [-0.2, 0) is 20.9 Å². The maximum absolute atomic E-state index is 14.2. The molecule has 5 rings (SSSR count). The number of aliphatic hydroxyl groups excluding tert-OH is 1. The number of aliphatic hydroxyl groups is 1. The van der Waals surface area contributed by atoms with Gasteiger partial charge in [-0.1, -0.05) is 78.3 Å². The van der Waals surface area contributed by atoms with Crippen LogP contribution in [0.15, 0.2) is 60.7 Å². The lowest BCUT2D eigenvalue weighted by atomic mass is 9.70. The third kappa shape index (κ3) is 4.77. The van der Waals surface area contributed by atoms with Crippen LogP contribution in [0.1, 0.15) is 32.3 Å². The van der Waals surface area contributed by atoms with Crippen LogP contribution in [0.25, 0.3) is 0 Å². The summed E-state index contributed by atoms with van der Waals surface area (Å²) in [6, 6.07) is 17.6. The van der Waals surface area contributed by atoms with Gasteiger partial charge < -0.3 is 20.6 Å². The predicted molar refractivity (Wildman–Crippen MR) is 153 cm³/mol. The second-order valence-electron chi connectivity index (χ2n) is 10.9. The second-order valence-corrected chi connectivity index (χ2v) is 13.6. The molecular formula is C29H34BrN3O4S. The summed E-state index contributed by atoms with van der Waals surface area (Å²) in [5.74, 6) is -1.64. The number of likely N-dealkylation sites (tertiary alicyclic amines) is 1. The molecule has 0 aliphatic carbocycles. The zero-order chi connectivity index (χ0) is 27.0. The predicted octanol–water partition coefficient (Wildman–Crippen LogP) is 3.81. The van der Waals surface area contributed by atoms with Gasteiger partial charge >= 0.3 is 0 Å². The summed E-state index contributed by atoms with van der Waals surface area (Å²) in [5, 5.41) is 16.3. The number of anilines is 1. The van der Waals surface area contributed by atoms with Crippen molar-refractivity contribution in [1.82, 2.24) is 10.2 Å². The van der Waals surface area contributed by atoms with Gasteiger partial charge in [0.05, 0.1) is 29.2 Å². The van der Waals surface area contributed by atoms with Gasteiger partial charge in [-0.05, 0) is 36.5 Å². The Morgan fingerprint density at radius 2 is 1.76 bits per heavy atom. The lowest BCUT2D eigenvalue weighted by Gasteiger charge is -2.37. The van der Waals surface area contributed by atoms with Crippen LogP contribution in [-0.4, -0.2) is 61.2 Å². The number of carbonyl (C=O) groups excluding carboxylic acids is 3. The highest BCUT2D eigenvalue weighted by Gasteiger charge is 2.76. The van der Waals surface area contributed by atoms with E-state index in [1.165, 1.54) is 0 Å². The molecular weight excluding hydrogens is 566 g/mol. The zero-order valence-corrected chi connectivity index (χ0v) is 24.0. The van der Waals surface area contributed by atoms with Crippen molar-refractivity contribution in [1.29, 1.82) is 0 Å². The van der Waals surface area contributed by atoms with Crippen molar-refractivity contribution >= 4 is 51.1 Å². The van der Waals surface area contributed by atoms with Gasteiger partial charge in [-0.25, -0.2) is 0 Å². The first-order valence-electron chi connectivity index (χ1n) is 13.2. The van der Waals surface area contributed by atoms with Crippen LogP contribution >= 0.6 is 27.7 Å². The number of thioether (sulfide) groups is 1. The lowest BCUT2D eigenvalue weighted by molar-refractivity contribution is -0.142. The van der Waals surface area contributed by atoms with Gasteiger partial charge in [-0.15, -0.1) is 11.8 Å². The van der Waals surface area contributed by atoms with E-state index in [2.05, 4.69) is 26.6 Å². The van der Waals surface area contributed by atoms with Crippen molar-refractivity contribution in [3.05, 3.63) is 66.2 Å². The van der Waals surface area contributed by atoms with Crippen LogP contribution in [0, 0.1) is 17.8 Å². The highest BCUT2D eigenvalue weighted by atomic mass is 79.9. The standard InChI is InChI=1S/C29H34BrN3O4S/c1-17(2)13-20(16-34)33-25(27(36)31-15-18-9-5-3-6-10-18)29-14-21(30)24(38-29)22(23(29)28(33)37)26(35)32-19-11-7-4-8-12-19/h3-12,17,20-25,34H,13-16H2,1-2H3,(H,31,36)(H,32,35)/t20-,21?,22-,23+,24-,25?,29?/m1/s1. The number of alkyl halides is 1. The smallest absolute Gasteiger partial charge is 0.244 e. The monoisotopic (exact) mass is 599 g/mol. The van der Waals surface area contributed by atoms with Gasteiger partial charge in [0.2, 0.25) is 17.7 Å². The van der Waals surface area contributed by atoms with Gasteiger partial charge in [0.25, 0.3) is 0 Å². The Hall–Kier alpha value is -2.36. The molecule has 3 fully saturated rings. The van der Waals surface area contributed by atoms with E-state index in [1.54, 1.807) is 16.7 Å². The number of rotatable bonds is 9. The molecule has 3 aliphatic rings. The Labute approximate surface area is 236 Å². The van der Waals surface area contributed by atoms with Crippen molar-refractivity contribution in [3.8, 4) is 0 Å². The summed E-state index contributed by atoms with van der Waals surface area (Å²) in [5.41, 5.74) is 1.64. The minimum absolute atomic E-state index is 0.00915. The zero-order valence-electron chi connectivity index (χ0n) is 21.5. The van der Waals surface area contributed by atoms with Crippen molar-refractivity contribution in [2.75, 3.05) is 11.9 Å². The highest BCUT2D eigenvalue weighted by molar-refractivity contribution is 9.09. The molecule has 7 nitrogen and oxygen atoms in total. The first-order chi connectivity index (χ1) is 18.3. The van der Waals surface area contributed by atoms with E-state index in [9.17, 15) is 19.5 Å². The molecule has 3 N–H and O–H groups in total. The van der Waals surface area contributed by atoms with Crippen LogP contribution < -0.4 is 10.6 Å². The van der Waals surface area contributed by atoms with Crippen molar-refractivity contribution in [2.45, 2.75) is 60.1 Å². The molecule has 0 aromatic heterocycles. The second kappa shape index (κ2) is 11.0. The number of fused-ring (bicyclic) bond motifs is 1. The van der Waals surface area contributed by atoms with Gasteiger partial charge in [0.1, 0.15) is 6.04 Å². The van der Waals surface area contributed by atoms with Gasteiger partial charge in [0, 0.05) is 22.3 Å². The Kier molecular flexibility index (Phi) is 7.89. The average Bonchev–Trinajstić information content (AvgIpc) is 3.50. The molecule has 9 heteroatoms. The van der Waals surface area contributed by atoms with Gasteiger partial charge in [-0.3, -0.25) is 14.4 Å². The molecule has 2 bridgehead atoms. The first kappa shape index (κ1) is 27.2. The average molecular weight is 601 g/mol. The van der Waals surface area contributed by atoms with Gasteiger partial charge in [-0.2, -0.15) is 0 Å². The van der Waals surface area contributed by atoms with E-state index in [0.29, 0.717) is 25.1 Å². The molecule has 3 unspecified atom stereocenters. The maximum Gasteiger partial charge on any atom is 0.244 e. The number of nitrogens with zero attached hydrogens (tertiary/aromatic N) is 1. The number of para-hydroxylation sites is 1. The molecule has 0 saturated carbocycles. The summed E-state index contributed by atoms with van der Waals surface area (Å²) >= 11 is 5.40. The van der Waals surface area contributed by atoms with Gasteiger partial charge in [0.15, 0.2) is 0 Å². The summed E-state index contributed by atoms with van der Waals surface area (Å²) in [6.45, 7) is 4.19. The molecule has 3 heterocycles. The van der Waals surface area contributed by atoms with Crippen LogP contribution in [0.5, 0.6) is 0 Å². The van der Waals surface area contributed by atoms with E-state index >= 15 is 0 Å². The molecule has 202 valence electrons. The third-order valence-corrected chi connectivity index (χ3v) is 11.2. The van der Waals surface area contributed by atoms with E-state index < -0.39 is 28.7 Å². The number of hydrogen-bond donors (Lipinski definition) is 3. The normalized spacial score (nSPS) is 30.4. The highest BCUT2D eigenvalue weighted by Crippen LogP contribution is 2.68. The molecule has 3 aliphatic heterocycles. The molecule has 3 amide bonds. The summed E-state index contributed by atoms with van der Waals surface area (Å²) in [6.07, 6.45) is 1.17. The molecule has 0 radical (unpaired) electrons. The van der Waals surface area contributed by atoms with E-state index in [-0.39, 0.29) is 40.3 Å². The summed E-state index contributed by atoms with van der Waals surface area (Å²) < 4.78 is -0.750. The number of nitrogens with one attached hydrogen (secondary N) is 2. The van der Waals surface area contributed by atoms with Crippen molar-refractivity contribution in [3.63, 3.8) is 0 Å². The van der Waals surface area contributed by atoms with Crippen LogP contribution in [0.2, 0.25) is 0 Å². The van der Waals surface area contributed by atoms with E-state index in [1.807, 2.05) is 74.5 Å². The fraction of sp³-hybridized carbons (Fsp3) is 0.483. The minimum Gasteiger partial charge on any atom is -0.394 e. The Bertz CT molecular complexity index is 1180. The van der Waals surface area contributed by atoms with Crippen molar-refractivity contribution in [2.24, 2.45) is 17.8 Å². The van der Waals surface area contributed by atoms with Crippen LogP contribution in [0.4, 0.5) is 5.69 Å². The Morgan fingerprint density at radius 3 is 2.39 bits per heavy atom. The summed E-state index contributed by atoms with van der Waals surface area (Å²) in [7, 11) is 0. The number of halogens is 1. The lowest BCUT2D eigenvalue weighted by Crippen LogP contribution is -2.57. The maximum atomic E-state index is 14.2. The largest absolute Gasteiger partial charge is 0.394 e. The molecule has 1 spiro atoms. The SMILES string of the molecule is CC(C)C[C@H](CO)N1C(=O)[C@@H]2[C@@H](C(=O)Nc3ccccc3)[C@@H]3SC2(CC3Br)C1C(=O)NCc1ccccc1. The fourth-order valence-electron chi connectivity index (χ4n) is 6.51. The number of carbonyl (C=O) groups is 3. The first-order valence-corrected chi connectivity index (χ1v) is 15.0. The van der Waals surface area contributed by atoms with Crippen LogP contribution in [0.3, 0.4) is 0 Å². The van der Waals surface area contributed by atoms with E-state index in [0.717, 1.165) is 5.56 Å². The van der Waals surface area contributed by atoms with Crippen molar-refractivity contribution < 1.29 is 19.5 Å².